The number of allylic oxidation sites excluding steroid dienone is 1. The highest BCUT2D eigenvalue weighted by Gasteiger charge is 2.69. The van der Waals surface area contributed by atoms with Gasteiger partial charge in [-0.2, -0.15) is 0 Å². The Kier molecular flexibility index (Phi) is 5.66. The predicted octanol–water partition coefficient (Wildman–Crippen LogP) is 7.98. The third kappa shape index (κ3) is 2.87. The highest BCUT2D eigenvalue weighted by atomic mass is 16.3. The second-order valence-electron chi connectivity index (χ2n) is 15.2. The first-order valence-electron chi connectivity index (χ1n) is 14.7. The lowest BCUT2D eigenvalue weighted by Gasteiger charge is -2.72. The molecule has 192 valence electrons. The Morgan fingerprint density at radius 1 is 0.853 bits per heavy atom. The number of fused-ring (bicyclic) bond motifs is 7. The maximum absolute atomic E-state index is 12.0. The molecule has 34 heavy (non-hydrogen) atoms. The molecule has 5 aliphatic carbocycles. The molecule has 9 atom stereocenters. The molecule has 4 saturated carbocycles. The molecule has 1 unspecified atom stereocenters. The molecule has 1 N–H and O–H groups in total. The van der Waals surface area contributed by atoms with Crippen molar-refractivity contribution in [3.63, 3.8) is 0 Å². The van der Waals surface area contributed by atoms with Crippen LogP contribution in [0.3, 0.4) is 0 Å². The van der Waals surface area contributed by atoms with Gasteiger partial charge in [-0.25, -0.2) is 0 Å². The SMILES string of the molecule is CC(C)C1=C2[C@H]3CC[C@@H]4[C@@]5(C)CC[C@H](C)C(C)(C)[C@@H]5CC[C@@]4(C)[C@]3(C)CC[C@@]2(C(O)C=O)CC1. The fourth-order valence-electron chi connectivity index (χ4n) is 11.5. The molecule has 5 aliphatic rings. The third-order valence-corrected chi connectivity index (χ3v) is 14.0. The predicted molar refractivity (Wildman–Crippen MR) is 140 cm³/mol. The van der Waals surface area contributed by atoms with Crippen LogP contribution >= 0.6 is 0 Å². The Morgan fingerprint density at radius 3 is 2.21 bits per heavy atom. The van der Waals surface area contributed by atoms with E-state index in [0.29, 0.717) is 28.1 Å². The van der Waals surface area contributed by atoms with Gasteiger partial charge in [-0.05, 0) is 115 Å². The van der Waals surface area contributed by atoms with Crippen LogP contribution in [0.25, 0.3) is 0 Å². The third-order valence-electron chi connectivity index (χ3n) is 14.0. The van der Waals surface area contributed by atoms with Crippen LogP contribution in [0.2, 0.25) is 0 Å². The van der Waals surface area contributed by atoms with E-state index in [-0.39, 0.29) is 10.8 Å². The lowest BCUT2D eigenvalue weighted by atomic mass is 9.32. The first-order valence-corrected chi connectivity index (χ1v) is 14.7. The van der Waals surface area contributed by atoms with Crippen LogP contribution in [-0.2, 0) is 4.79 Å². The number of carbonyl (C=O) groups is 1. The number of aliphatic hydroxyl groups is 1. The lowest BCUT2D eigenvalue weighted by Crippen LogP contribution is -2.65. The molecular formula is C32H52O2. The van der Waals surface area contributed by atoms with Crippen LogP contribution in [0, 0.1) is 56.7 Å². The van der Waals surface area contributed by atoms with Crippen LogP contribution in [0.5, 0.6) is 0 Å². The van der Waals surface area contributed by atoms with E-state index in [1.807, 2.05) is 0 Å². The molecule has 0 saturated heterocycles. The summed E-state index contributed by atoms with van der Waals surface area (Å²) in [5, 5.41) is 11.1. The molecule has 0 amide bonds. The zero-order valence-electron chi connectivity index (χ0n) is 23.5. The van der Waals surface area contributed by atoms with Gasteiger partial charge in [0.1, 0.15) is 12.4 Å². The lowest BCUT2D eigenvalue weighted by molar-refractivity contribution is -0.221. The van der Waals surface area contributed by atoms with Crippen molar-refractivity contribution in [3.8, 4) is 0 Å². The largest absolute Gasteiger partial charge is 0.385 e. The van der Waals surface area contributed by atoms with Crippen molar-refractivity contribution < 1.29 is 9.90 Å². The van der Waals surface area contributed by atoms with Gasteiger partial charge in [0.25, 0.3) is 0 Å². The van der Waals surface area contributed by atoms with Crippen molar-refractivity contribution in [3.05, 3.63) is 11.1 Å². The average Bonchev–Trinajstić information content (AvgIpc) is 3.18. The zero-order chi connectivity index (χ0) is 24.9. The number of hydrogen-bond donors (Lipinski definition) is 1. The highest BCUT2D eigenvalue weighted by molar-refractivity contribution is 5.61. The second kappa shape index (κ2) is 7.69. The Balaban J connectivity index is 1.59. The van der Waals surface area contributed by atoms with Crippen LogP contribution in [0.1, 0.15) is 120 Å². The topological polar surface area (TPSA) is 37.3 Å². The quantitative estimate of drug-likeness (QED) is 0.337. The monoisotopic (exact) mass is 468 g/mol. The smallest absolute Gasteiger partial charge is 0.149 e. The molecular weight excluding hydrogens is 416 g/mol. The standard InChI is InChI=1S/C32H52O2/c1-20(2)22-12-16-32(26(34)19-33)18-17-30(7)23(27(22)32)9-10-25-29(6)14-11-21(3)28(4,5)24(29)13-15-31(25,30)8/h19-21,23-26,34H,9-18H2,1-8H3/t21-,23+,24-,25+,26?,29-,30+,31+,32+/m0/s1. The summed E-state index contributed by atoms with van der Waals surface area (Å²) in [5.74, 6) is 3.49. The van der Waals surface area contributed by atoms with Gasteiger partial charge in [-0.15, -0.1) is 0 Å². The summed E-state index contributed by atoms with van der Waals surface area (Å²) in [6.45, 7) is 20.3. The first-order chi connectivity index (χ1) is 15.8. The number of carbonyl (C=O) groups excluding carboxylic acids is 1. The second-order valence-corrected chi connectivity index (χ2v) is 15.2. The van der Waals surface area contributed by atoms with Gasteiger partial charge < -0.3 is 9.90 Å². The summed E-state index contributed by atoms with van der Waals surface area (Å²) >= 11 is 0. The van der Waals surface area contributed by atoms with Gasteiger partial charge in [0.2, 0.25) is 0 Å². The summed E-state index contributed by atoms with van der Waals surface area (Å²) in [6.07, 6.45) is 12.4. The maximum Gasteiger partial charge on any atom is 0.149 e. The number of rotatable bonds is 3. The summed E-state index contributed by atoms with van der Waals surface area (Å²) in [5.41, 5.74) is 4.35. The van der Waals surface area contributed by atoms with Gasteiger partial charge in [0.05, 0.1) is 0 Å². The Labute approximate surface area is 209 Å². The highest BCUT2D eigenvalue weighted by Crippen LogP contribution is 2.77. The minimum Gasteiger partial charge on any atom is -0.385 e. The molecule has 0 bridgehead atoms. The van der Waals surface area contributed by atoms with Gasteiger partial charge in [0.15, 0.2) is 0 Å². The Hall–Kier alpha value is -0.630. The minimum atomic E-state index is -0.831. The summed E-state index contributed by atoms with van der Waals surface area (Å²) < 4.78 is 0. The number of aldehydes is 1. The molecule has 0 spiro atoms. The van der Waals surface area contributed by atoms with E-state index >= 15 is 0 Å². The Morgan fingerprint density at radius 2 is 1.56 bits per heavy atom. The fraction of sp³-hybridized carbons (Fsp3) is 0.906. The molecule has 0 radical (unpaired) electrons. The summed E-state index contributed by atoms with van der Waals surface area (Å²) in [6, 6.07) is 0. The van der Waals surface area contributed by atoms with Crippen molar-refractivity contribution in [1.29, 1.82) is 0 Å². The fourth-order valence-corrected chi connectivity index (χ4v) is 11.5. The van der Waals surface area contributed by atoms with Gasteiger partial charge in [-0.3, -0.25) is 0 Å². The van der Waals surface area contributed by atoms with Gasteiger partial charge >= 0.3 is 0 Å². The zero-order valence-corrected chi connectivity index (χ0v) is 23.5. The van der Waals surface area contributed by atoms with Crippen LogP contribution in [0.15, 0.2) is 11.1 Å². The van der Waals surface area contributed by atoms with Crippen molar-refractivity contribution in [2.75, 3.05) is 0 Å². The normalized spacial score (nSPS) is 50.8. The van der Waals surface area contributed by atoms with Crippen molar-refractivity contribution in [2.45, 2.75) is 126 Å². The van der Waals surface area contributed by atoms with E-state index in [0.717, 1.165) is 43.3 Å². The molecule has 0 aromatic carbocycles. The molecule has 0 aromatic rings. The van der Waals surface area contributed by atoms with E-state index in [1.165, 1.54) is 44.9 Å². The number of hydrogen-bond acceptors (Lipinski definition) is 2. The molecule has 0 aromatic heterocycles. The average molecular weight is 469 g/mol. The number of aliphatic hydroxyl groups excluding tert-OH is 1. The molecule has 0 heterocycles. The summed E-state index contributed by atoms with van der Waals surface area (Å²) in [7, 11) is 0. The molecule has 2 heteroatoms. The van der Waals surface area contributed by atoms with Crippen LogP contribution < -0.4 is 0 Å². The van der Waals surface area contributed by atoms with Crippen molar-refractivity contribution >= 4 is 6.29 Å². The first kappa shape index (κ1) is 25.0. The minimum absolute atomic E-state index is 0.267. The molecule has 2 nitrogen and oxygen atoms in total. The molecule has 0 aliphatic heterocycles. The Bertz CT molecular complexity index is 883. The summed E-state index contributed by atoms with van der Waals surface area (Å²) in [4.78, 5) is 12.0. The van der Waals surface area contributed by atoms with E-state index in [4.69, 9.17) is 0 Å². The van der Waals surface area contributed by atoms with E-state index in [9.17, 15) is 9.90 Å². The molecule has 4 fully saturated rings. The van der Waals surface area contributed by atoms with E-state index < -0.39 is 6.10 Å². The van der Waals surface area contributed by atoms with Gasteiger partial charge in [0, 0.05) is 5.41 Å². The van der Waals surface area contributed by atoms with Crippen molar-refractivity contribution in [1.82, 2.24) is 0 Å². The van der Waals surface area contributed by atoms with Crippen molar-refractivity contribution in [2.24, 2.45) is 56.7 Å². The van der Waals surface area contributed by atoms with Crippen LogP contribution in [-0.4, -0.2) is 17.5 Å². The van der Waals surface area contributed by atoms with E-state index in [2.05, 4.69) is 55.4 Å². The van der Waals surface area contributed by atoms with Crippen LogP contribution in [0.4, 0.5) is 0 Å². The van der Waals surface area contributed by atoms with E-state index in [1.54, 1.807) is 11.1 Å². The maximum atomic E-state index is 12.0. The molecule has 5 rings (SSSR count). The van der Waals surface area contributed by atoms with Gasteiger partial charge in [-0.1, -0.05) is 66.5 Å².